The molecule has 0 spiro atoms. The SMILES string of the molecule is C=C(Cl)C(=O)OCC[N+](F)(CC)S(=O)(=O)C(F)(F)C(F)(F)C(F)(F)C(F)(F)C(F)(F)C(F)(F)C(F)(F)C(F)(F)F. The number of quaternary nitrogens is 1. The maximum Gasteiger partial charge on any atom is 0.467 e. The molecule has 40 heavy (non-hydrogen) atoms. The van der Waals surface area contributed by atoms with Gasteiger partial charge < -0.3 is 4.74 Å². The lowest BCUT2D eigenvalue weighted by Gasteiger charge is -2.42. The molecule has 0 aromatic heterocycles. The van der Waals surface area contributed by atoms with E-state index in [4.69, 9.17) is 11.6 Å². The van der Waals surface area contributed by atoms with Crippen molar-refractivity contribution < 1.29 is 101 Å². The molecule has 0 aromatic rings. The molecule has 0 aliphatic rings. The first-order chi connectivity index (χ1) is 17.1. The lowest BCUT2D eigenvalue weighted by Crippen LogP contribution is -2.75. The van der Waals surface area contributed by atoms with E-state index in [9.17, 15) is 92.3 Å². The van der Waals surface area contributed by atoms with Gasteiger partial charge in [0.2, 0.25) is 0 Å². The minimum absolute atomic E-state index is 0.161. The van der Waals surface area contributed by atoms with Gasteiger partial charge in [0, 0.05) is 4.48 Å². The fraction of sp³-hybridized carbons (Fsp3) is 0.800. The molecule has 0 amide bonds. The molecular weight excluding hydrogens is 668 g/mol. The fourth-order valence-electron chi connectivity index (χ4n) is 2.32. The van der Waals surface area contributed by atoms with Gasteiger partial charge in [0.05, 0.1) is 0 Å². The molecule has 0 fully saturated rings. The predicted molar refractivity (Wildman–Crippen MR) is 92.3 cm³/mol. The van der Waals surface area contributed by atoms with Crippen LogP contribution in [0.1, 0.15) is 6.92 Å². The number of esters is 1. The first-order valence-corrected chi connectivity index (χ1v) is 11.0. The summed E-state index contributed by atoms with van der Waals surface area (Å²) in [6, 6.07) is 0. The minimum Gasteiger partial charge on any atom is -0.455 e. The quantitative estimate of drug-likeness (QED) is 0.0994. The highest BCUT2D eigenvalue weighted by Gasteiger charge is 2.97. The molecule has 0 aliphatic heterocycles. The molecule has 1 unspecified atom stereocenters. The van der Waals surface area contributed by atoms with E-state index in [0.29, 0.717) is 0 Å². The van der Waals surface area contributed by atoms with Crippen LogP contribution in [0.5, 0.6) is 0 Å². The number of likely N-dealkylation sites (N-methyl/N-ethyl adjacent to an activating group) is 1. The Kier molecular flexibility index (Phi) is 9.97. The largest absolute Gasteiger partial charge is 0.467 e. The van der Waals surface area contributed by atoms with Gasteiger partial charge >= 0.3 is 63.0 Å². The van der Waals surface area contributed by atoms with Gasteiger partial charge in [-0.3, -0.25) is 0 Å². The molecule has 1 atom stereocenters. The molecule has 0 N–H and O–H groups in total. The Hall–Kier alpha value is -1.85. The molecule has 5 nitrogen and oxygen atoms in total. The van der Waals surface area contributed by atoms with Crippen LogP contribution in [0, 0.1) is 0 Å². The zero-order valence-corrected chi connectivity index (χ0v) is 20.1. The predicted octanol–water partition coefficient (Wildman–Crippen LogP) is 6.30. The molecule has 0 rings (SSSR count). The lowest BCUT2D eigenvalue weighted by molar-refractivity contribution is -0.950. The smallest absolute Gasteiger partial charge is 0.455 e. The lowest BCUT2D eigenvalue weighted by atomic mass is 9.91. The summed E-state index contributed by atoms with van der Waals surface area (Å²) in [5, 5.41) is -9.11. The van der Waals surface area contributed by atoms with Crippen molar-refractivity contribution in [3.05, 3.63) is 11.6 Å². The van der Waals surface area contributed by atoms with Gasteiger partial charge in [-0.15, -0.1) is 0 Å². The molecule has 0 aliphatic carbocycles. The highest BCUT2D eigenvalue weighted by atomic mass is 35.5. The monoisotopic (exact) mass is 678 g/mol. The van der Waals surface area contributed by atoms with Crippen molar-refractivity contribution in [1.82, 2.24) is 0 Å². The summed E-state index contributed by atoms with van der Waals surface area (Å²) in [5.74, 6) is -54.6. The zero-order chi connectivity index (χ0) is 33.0. The number of sulfonamides is 1. The van der Waals surface area contributed by atoms with Gasteiger partial charge in [0.15, 0.2) is 6.54 Å². The Morgan fingerprint density at radius 2 is 1.05 bits per heavy atom. The Morgan fingerprint density at radius 3 is 1.35 bits per heavy atom. The Morgan fingerprint density at radius 1 is 0.725 bits per heavy atom. The van der Waals surface area contributed by atoms with Crippen LogP contribution in [0.25, 0.3) is 0 Å². The summed E-state index contributed by atoms with van der Waals surface area (Å²) in [7, 11) is -8.14. The fourth-order valence-corrected chi connectivity index (χ4v) is 3.89. The van der Waals surface area contributed by atoms with E-state index in [1.54, 1.807) is 0 Å². The Balaban J connectivity index is 6.96. The molecule has 0 bridgehead atoms. The average molecular weight is 679 g/mol. The van der Waals surface area contributed by atoms with Crippen LogP contribution in [0.2, 0.25) is 0 Å². The summed E-state index contributed by atoms with van der Waals surface area (Å²) in [4.78, 5) is 11.0. The number of halogens is 19. The number of rotatable bonds is 13. The number of hydrogen-bond acceptors (Lipinski definition) is 4. The van der Waals surface area contributed by atoms with E-state index >= 15 is 0 Å². The van der Waals surface area contributed by atoms with Gasteiger partial charge in [0.25, 0.3) is 0 Å². The van der Waals surface area contributed by atoms with E-state index in [0.717, 1.165) is 0 Å². The van der Waals surface area contributed by atoms with Crippen LogP contribution in [-0.2, 0) is 19.6 Å². The van der Waals surface area contributed by atoms with Crippen molar-refractivity contribution >= 4 is 27.6 Å². The molecule has 0 heterocycles. The summed E-state index contributed by atoms with van der Waals surface area (Å²) < 4.78 is 265. The van der Waals surface area contributed by atoms with Crippen LogP contribution in [0.15, 0.2) is 11.6 Å². The second-order valence-corrected chi connectivity index (χ2v) is 9.88. The number of ether oxygens (including phenoxy) is 1. The van der Waals surface area contributed by atoms with E-state index in [2.05, 4.69) is 11.3 Å². The number of alkyl halides is 17. The standard InChI is InChI=1S/C15H11ClF18NO4S/c1-3-35(34,4-5-39-7(36)6(2)16)40(37,38)15(32,33)13(27,28)11(23,24)9(19,20)8(17,18)10(21,22)12(25,26)14(29,30)31/h2-5H2,1H3/q+1. The summed E-state index contributed by atoms with van der Waals surface area (Å²) in [6.07, 6.45) is -7.97. The van der Waals surface area contributed by atoms with Crippen LogP contribution in [0.4, 0.5) is 79.1 Å². The second-order valence-electron chi connectivity index (χ2n) is 7.31. The second kappa shape index (κ2) is 10.5. The Labute approximate surface area is 214 Å². The summed E-state index contributed by atoms with van der Waals surface area (Å²) in [5.41, 5.74) is 0. The third-order valence-corrected chi connectivity index (χ3v) is 7.16. The van der Waals surface area contributed by atoms with E-state index < -0.39 is 91.8 Å². The zero-order valence-electron chi connectivity index (χ0n) is 18.5. The van der Waals surface area contributed by atoms with Crippen molar-refractivity contribution in [3.8, 4) is 0 Å². The highest BCUT2D eigenvalue weighted by molar-refractivity contribution is 7.87. The Bertz CT molecular complexity index is 1090. The highest BCUT2D eigenvalue weighted by Crippen LogP contribution is 2.64. The van der Waals surface area contributed by atoms with Crippen molar-refractivity contribution in [3.63, 3.8) is 0 Å². The molecule has 25 heteroatoms. The first-order valence-electron chi connectivity index (χ1n) is 9.18. The van der Waals surface area contributed by atoms with Gasteiger partial charge in [-0.1, -0.05) is 18.2 Å². The number of hydrogen-bond donors (Lipinski definition) is 0. The van der Waals surface area contributed by atoms with Gasteiger partial charge in [0.1, 0.15) is 18.2 Å². The number of carbonyl (C=O) groups excluding carboxylic acids is 1. The first kappa shape index (κ1) is 38.1. The normalized spacial score (nSPS) is 16.9. The van der Waals surface area contributed by atoms with Gasteiger partial charge in [-0.2, -0.15) is 83.1 Å². The van der Waals surface area contributed by atoms with E-state index in [1.165, 1.54) is 0 Å². The maximum absolute atomic E-state index is 14.7. The van der Waals surface area contributed by atoms with E-state index in [-0.39, 0.29) is 6.92 Å². The molecular formula is C15H11ClF18NO4S+. The summed E-state index contributed by atoms with van der Waals surface area (Å²) >= 11 is 4.97. The molecule has 0 aromatic carbocycles. The average Bonchev–Trinajstić information content (AvgIpc) is 2.76. The van der Waals surface area contributed by atoms with Crippen LogP contribution in [-0.4, -0.2) is 85.2 Å². The third-order valence-electron chi connectivity index (χ3n) is 4.80. The van der Waals surface area contributed by atoms with Crippen molar-refractivity contribution in [2.24, 2.45) is 0 Å². The van der Waals surface area contributed by atoms with Crippen LogP contribution < -0.4 is 0 Å². The maximum atomic E-state index is 14.7. The molecule has 0 saturated heterocycles. The minimum atomic E-state index is -9.05. The van der Waals surface area contributed by atoms with Crippen LogP contribution in [0.3, 0.4) is 0 Å². The number of carbonyl (C=O) groups is 1. The van der Waals surface area contributed by atoms with Crippen molar-refractivity contribution in [2.75, 3.05) is 19.7 Å². The topological polar surface area (TPSA) is 60.4 Å². The molecule has 0 radical (unpaired) electrons. The van der Waals surface area contributed by atoms with E-state index in [1.807, 2.05) is 0 Å². The van der Waals surface area contributed by atoms with Gasteiger partial charge in [-0.25, -0.2) is 4.79 Å². The molecule has 238 valence electrons. The van der Waals surface area contributed by atoms with Gasteiger partial charge in [-0.05, 0) is 11.0 Å². The van der Waals surface area contributed by atoms with Crippen molar-refractivity contribution in [2.45, 2.75) is 53.9 Å². The third kappa shape index (κ3) is 5.15. The summed E-state index contributed by atoms with van der Waals surface area (Å²) in [6.45, 7) is -3.25. The molecule has 0 saturated carbocycles. The van der Waals surface area contributed by atoms with Crippen molar-refractivity contribution in [1.29, 1.82) is 0 Å². The number of nitrogens with zero attached hydrogens (tertiary/aromatic N) is 1. The van der Waals surface area contributed by atoms with Crippen LogP contribution >= 0.6 is 11.6 Å².